The first-order valence-corrected chi connectivity index (χ1v) is 6.90. The number of nitrogens with one attached hydrogen (secondary N) is 1. The Kier molecular flexibility index (Phi) is 4.86. The van der Waals surface area contributed by atoms with Gasteiger partial charge in [-0.3, -0.25) is 10.1 Å². The first kappa shape index (κ1) is 15.0. The number of carbonyl (C=O) groups is 1. The highest BCUT2D eigenvalue weighted by atomic mass is 16.6. The van der Waals surface area contributed by atoms with Gasteiger partial charge in [-0.2, -0.15) is 4.99 Å². The molecule has 1 heterocycles. The molecule has 1 aliphatic heterocycles. The number of benzene rings is 1. The highest BCUT2D eigenvalue weighted by Crippen LogP contribution is 2.16. The largest absolute Gasteiger partial charge is 0.363 e. The summed E-state index contributed by atoms with van der Waals surface area (Å²) in [5, 5.41) is 13.2. The summed E-state index contributed by atoms with van der Waals surface area (Å²) in [6.45, 7) is 0.906. The summed E-state index contributed by atoms with van der Waals surface area (Å²) in [5.74, 6) is 0.784. The second-order valence-corrected chi connectivity index (χ2v) is 4.99. The molecule has 1 fully saturated rings. The third kappa shape index (κ3) is 4.27. The van der Waals surface area contributed by atoms with E-state index in [1.165, 1.54) is 24.3 Å². The van der Waals surface area contributed by atoms with Gasteiger partial charge in [-0.15, -0.1) is 0 Å². The zero-order valence-electron chi connectivity index (χ0n) is 11.9. The summed E-state index contributed by atoms with van der Waals surface area (Å²) in [7, 11) is 1.93. The molecule has 1 aromatic rings. The minimum absolute atomic E-state index is 0.0113. The number of nitro benzene ring substituents is 1. The molecule has 1 aromatic carbocycles. The van der Waals surface area contributed by atoms with Gasteiger partial charge >= 0.3 is 6.03 Å². The van der Waals surface area contributed by atoms with Crippen LogP contribution in [0.5, 0.6) is 0 Å². The molecule has 0 spiro atoms. The topological polar surface area (TPSA) is 87.8 Å². The molecule has 0 atom stereocenters. The first-order chi connectivity index (χ1) is 10.1. The molecule has 1 N–H and O–H groups in total. The number of hydrogen-bond acceptors (Lipinski definition) is 3. The summed E-state index contributed by atoms with van der Waals surface area (Å²) in [4.78, 5) is 28.1. The average Bonchev–Trinajstić information content (AvgIpc) is 2.65. The first-order valence-electron chi connectivity index (χ1n) is 6.90. The molecule has 0 aromatic heterocycles. The second-order valence-electron chi connectivity index (χ2n) is 4.99. The van der Waals surface area contributed by atoms with E-state index in [-0.39, 0.29) is 5.69 Å². The average molecular weight is 290 g/mol. The van der Waals surface area contributed by atoms with Crippen molar-refractivity contribution in [3.63, 3.8) is 0 Å². The van der Waals surface area contributed by atoms with Gasteiger partial charge in [0.1, 0.15) is 5.84 Å². The Morgan fingerprint density at radius 2 is 2.00 bits per heavy atom. The van der Waals surface area contributed by atoms with Crippen molar-refractivity contribution >= 4 is 23.2 Å². The van der Waals surface area contributed by atoms with Crippen LogP contribution in [0.1, 0.15) is 25.7 Å². The maximum absolute atomic E-state index is 11.9. The molecule has 0 radical (unpaired) electrons. The smallest absolute Gasteiger partial charge is 0.347 e. The minimum Gasteiger partial charge on any atom is -0.363 e. The molecule has 0 saturated carbocycles. The van der Waals surface area contributed by atoms with E-state index < -0.39 is 11.0 Å². The molecule has 7 heteroatoms. The Hall–Kier alpha value is -2.44. The quantitative estimate of drug-likeness (QED) is 0.669. The van der Waals surface area contributed by atoms with Gasteiger partial charge in [-0.05, 0) is 25.0 Å². The van der Waals surface area contributed by atoms with Crippen molar-refractivity contribution in [2.24, 2.45) is 4.99 Å². The Labute approximate surface area is 122 Å². The van der Waals surface area contributed by atoms with Crippen molar-refractivity contribution in [2.45, 2.75) is 25.7 Å². The molecule has 1 aliphatic rings. The number of carbonyl (C=O) groups excluding carboxylic acids is 1. The molecule has 2 amide bonds. The van der Waals surface area contributed by atoms with E-state index in [0.717, 1.165) is 38.1 Å². The number of urea groups is 1. The van der Waals surface area contributed by atoms with Gasteiger partial charge in [0.05, 0.1) is 4.92 Å². The summed E-state index contributed by atoms with van der Waals surface area (Å²) in [6, 6.07) is 5.23. The van der Waals surface area contributed by atoms with Crippen molar-refractivity contribution in [3.05, 3.63) is 34.4 Å². The summed E-state index contributed by atoms with van der Waals surface area (Å²) < 4.78 is 0. The monoisotopic (exact) mass is 290 g/mol. The summed E-state index contributed by atoms with van der Waals surface area (Å²) in [5.41, 5.74) is 0.481. The Balaban J connectivity index is 2.01. The molecular formula is C14H18N4O3. The molecule has 7 nitrogen and oxygen atoms in total. The molecule has 112 valence electrons. The van der Waals surface area contributed by atoms with Gasteiger partial charge in [0.25, 0.3) is 5.69 Å². The van der Waals surface area contributed by atoms with Crippen LogP contribution in [0.25, 0.3) is 0 Å². The van der Waals surface area contributed by atoms with Crippen LogP contribution in [-0.4, -0.2) is 35.3 Å². The van der Waals surface area contributed by atoms with Crippen LogP contribution >= 0.6 is 0 Å². The zero-order chi connectivity index (χ0) is 15.2. The number of amides is 2. The van der Waals surface area contributed by atoms with E-state index in [1.807, 2.05) is 11.9 Å². The van der Waals surface area contributed by atoms with Gasteiger partial charge in [-0.25, -0.2) is 4.79 Å². The molecular weight excluding hydrogens is 272 g/mol. The van der Waals surface area contributed by atoms with Crippen molar-refractivity contribution in [1.82, 2.24) is 4.90 Å². The molecule has 0 aliphatic carbocycles. The van der Waals surface area contributed by atoms with Gasteiger partial charge in [0.2, 0.25) is 0 Å². The maximum Gasteiger partial charge on any atom is 0.347 e. The highest BCUT2D eigenvalue weighted by molar-refractivity contribution is 5.99. The lowest BCUT2D eigenvalue weighted by molar-refractivity contribution is -0.384. The van der Waals surface area contributed by atoms with Crippen LogP contribution in [0.15, 0.2) is 29.3 Å². The summed E-state index contributed by atoms with van der Waals surface area (Å²) in [6.07, 6.45) is 4.09. The van der Waals surface area contributed by atoms with Crippen molar-refractivity contribution in [3.8, 4) is 0 Å². The number of nitrogens with zero attached hydrogens (tertiary/aromatic N) is 3. The van der Waals surface area contributed by atoms with Crippen LogP contribution in [0.2, 0.25) is 0 Å². The lowest BCUT2D eigenvalue weighted by atomic mass is 10.2. The van der Waals surface area contributed by atoms with E-state index >= 15 is 0 Å². The van der Waals surface area contributed by atoms with Crippen LogP contribution < -0.4 is 5.32 Å². The fourth-order valence-corrected chi connectivity index (χ4v) is 2.21. The predicted molar refractivity (Wildman–Crippen MR) is 80.6 cm³/mol. The third-order valence-corrected chi connectivity index (χ3v) is 3.39. The molecule has 1 saturated heterocycles. The summed E-state index contributed by atoms with van der Waals surface area (Å²) >= 11 is 0. The molecule has 2 rings (SSSR count). The number of hydrogen-bond donors (Lipinski definition) is 1. The lowest BCUT2D eigenvalue weighted by Gasteiger charge is -2.17. The van der Waals surface area contributed by atoms with E-state index in [4.69, 9.17) is 0 Å². The fourth-order valence-electron chi connectivity index (χ4n) is 2.21. The zero-order valence-corrected chi connectivity index (χ0v) is 11.9. The van der Waals surface area contributed by atoms with Crippen LogP contribution in [0.3, 0.4) is 0 Å². The van der Waals surface area contributed by atoms with Gasteiger partial charge < -0.3 is 10.2 Å². The van der Waals surface area contributed by atoms with Crippen molar-refractivity contribution < 1.29 is 9.72 Å². The number of non-ortho nitro benzene ring substituents is 1. The van der Waals surface area contributed by atoms with Crippen LogP contribution in [-0.2, 0) is 0 Å². The Morgan fingerprint density at radius 1 is 1.29 bits per heavy atom. The third-order valence-electron chi connectivity index (χ3n) is 3.39. The SMILES string of the molecule is CN1CCCCC/C1=N/C(=O)Nc1ccc([N+](=O)[O-])cc1. The normalized spacial score (nSPS) is 17.4. The molecule has 0 bridgehead atoms. The van der Waals surface area contributed by atoms with E-state index in [2.05, 4.69) is 10.3 Å². The van der Waals surface area contributed by atoms with Gasteiger partial charge in [0, 0.05) is 37.8 Å². The number of nitro groups is 1. The highest BCUT2D eigenvalue weighted by Gasteiger charge is 2.13. The van der Waals surface area contributed by atoms with E-state index in [0.29, 0.717) is 5.69 Å². The Bertz CT molecular complexity index is 554. The molecule has 0 unspecified atom stereocenters. The number of anilines is 1. The van der Waals surface area contributed by atoms with Gasteiger partial charge in [-0.1, -0.05) is 6.42 Å². The van der Waals surface area contributed by atoms with E-state index in [9.17, 15) is 14.9 Å². The van der Waals surface area contributed by atoms with E-state index in [1.54, 1.807) is 0 Å². The van der Waals surface area contributed by atoms with Crippen LogP contribution in [0.4, 0.5) is 16.2 Å². The lowest BCUT2D eigenvalue weighted by Crippen LogP contribution is -2.27. The predicted octanol–water partition coefficient (Wildman–Crippen LogP) is 3.03. The number of likely N-dealkylation sites (tertiary alicyclic amines) is 1. The maximum atomic E-state index is 11.9. The molecule has 21 heavy (non-hydrogen) atoms. The van der Waals surface area contributed by atoms with Crippen LogP contribution in [0, 0.1) is 10.1 Å². The Morgan fingerprint density at radius 3 is 2.67 bits per heavy atom. The number of rotatable bonds is 2. The van der Waals surface area contributed by atoms with Crippen molar-refractivity contribution in [2.75, 3.05) is 18.9 Å². The number of amidine groups is 1. The van der Waals surface area contributed by atoms with Gasteiger partial charge in [0.15, 0.2) is 0 Å². The minimum atomic E-state index is -0.480. The second kappa shape index (κ2) is 6.83. The number of aliphatic imine (C=N–C) groups is 1. The fraction of sp³-hybridized carbons (Fsp3) is 0.429. The standard InChI is InChI=1S/C14H18N4O3/c1-17-10-4-2-3-5-13(17)16-14(19)15-11-6-8-12(9-7-11)18(20)21/h6-9H,2-5,10H2,1H3,(H,15,19)/b16-13-. The van der Waals surface area contributed by atoms with Crippen molar-refractivity contribution in [1.29, 1.82) is 0 Å².